The third kappa shape index (κ3) is 5.35. The molecule has 0 unspecified atom stereocenters. The summed E-state index contributed by atoms with van der Waals surface area (Å²) in [4.78, 5) is 33.7. The first kappa shape index (κ1) is 23.7. The third-order valence-corrected chi connectivity index (χ3v) is 5.98. The van der Waals surface area contributed by atoms with Crippen molar-refractivity contribution in [1.29, 1.82) is 0 Å². The number of nitrogens with one attached hydrogen (secondary N) is 1. The van der Waals surface area contributed by atoms with E-state index < -0.39 is 6.04 Å². The highest BCUT2D eigenvalue weighted by atomic mass is 35.5. The Morgan fingerprint density at radius 1 is 1.15 bits per heavy atom. The molecule has 1 atom stereocenters. The Balaban J connectivity index is 1.55. The molecule has 1 fully saturated rings. The number of hydrogen-bond acceptors (Lipinski definition) is 5. The lowest BCUT2D eigenvalue weighted by molar-refractivity contribution is -0.124. The number of aromatic nitrogens is 1. The van der Waals surface area contributed by atoms with E-state index in [0.717, 1.165) is 11.3 Å². The van der Waals surface area contributed by atoms with Crippen molar-refractivity contribution in [3.8, 4) is 5.75 Å². The van der Waals surface area contributed by atoms with E-state index in [1.165, 1.54) is 4.90 Å². The first-order valence-corrected chi connectivity index (χ1v) is 11.6. The van der Waals surface area contributed by atoms with Crippen LogP contribution in [0.3, 0.4) is 0 Å². The molecule has 2 heterocycles. The van der Waals surface area contributed by atoms with Crippen LogP contribution in [0.2, 0.25) is 5.02 Å². The van der Waals surface area contributed by atoms with E-state index in [9.17, 15) is 9.59 Å². The Labute approximate surface area is 208 Å². The average molecular weight is 495 g/mol. The fourth-order valence-electron chi connectivity index (χ4n) is 3.72. The van der Waals surface area contributed by atoms with Crippen molar-refractivity contribution in [1.82, 2.24) is 9.88 Å². The second-order valence-electron chi connectivity index (χ2n) is 7.65. The fourth-order valence-corrected chi connectivity index (χ4v) is 4.23. The maximum absolute atomic E-state index is 13.5. The van der Waals surface area contributed by atoms with Crippen LogP contribution < -0.4 is 15.0 Å². The van der Waals surface area contributed by atoms with Crippen LogP contribution in [0.1, 0.15) is 18.9 Å². The van der Waals surface area contributed by atoms with Crippen molar-refractivity contribution in [2.75, 3.05) is 16.8 Å². The molecule has 2 aromatic carbocycles. The quantitative estimate of drug-likeness (QED) is 0.459. The molecule has 0 spiro atoms. The molecule has 0 radical (unpaired) electrons. The molecule has 0 aliphatic carbocycles. The topological polar surface area (TPSA) is 74.8 Å². The van der Waals surface area contributed by atoms with Gasteiger partial charge in [0.15, 0.2) is 5.11 Å². The highest BCUT2D eigenvalue weighted by Crippen LogP contribution is 2.29. The highest BCUT2D eigenvalue weighted by molar-refractivity contribution is 7.80. The van der Waals surface area contributed by atoms with Gasteiger partial charge < -0.3 is 15.0 Å². The number of thiocarbonyl (C=S) groups is 1. The third-order valence-electron chi connectivity index (χ3n) is 5.31. The minimum Gasteiger partial charge on any atom is -0.494 e. The summed E-state index contributed by atoms with van der Waals surface area (Å²) in [6, 6.07) is 16.9. The van der Waals surface area contributed by atoms with Gasteiger partial charge in [-0.2, -0.15) is 0 Å². The second-order valence-corrected chi connectivity index (χ2v) is 8.45. The minimum atomic E-state index is -0.758. The first-order chi connectivity index (χ1) is 16.5. The van der Waals surface area contributed by atoms with Crippen LogP contribution in [0.15, 0.2) is 73.1 Å². The Hall–Kier alpha value is -3.49. The summed E-state index contributed by atoms with van der Waals surface area (Å²) in [5.41, 5.74) is 2.10. The molecular weight excluding hydrogens is 472 g/mol. The molecule has 1 aliphatic heterocycles. The maximum Gasteiger partial charge on any atom is 0.256 e. The monoisotopic (exact) mass is 494 g/mol. The lowest BCUT2D eigenvalue weighted by Crippen LogP contribution is -2.37. The lowest BCUT2D eigenvalue weighted by atomic mass is 10.1. The molecule has 0 bridgehead atoms. The maximum atomic E-state index is 13.5. The van der Waals surface area contributed by atoms with Gasteiger partial charge in [-0.3, -0.25) is 19.5 Å². The minimum absolute atomic E-state index is 0.0590. The summed E-state index contributed by atoms with van der Waals surface area (Å²) in [5, 5.41) is 3.74. The van der Waals surface area contributed by atoms with Gasteiger partial charge in [0.1, 0.15) is 11.8 Å². The van der Waals surface area contributed by atoms with Gasteiger partial charge in [-0.25, -0.2) is 0 Å². The summed E-state index contributed by atoms with van der Waals surface area (Å²) in [6.07, 6.45) is 3.34. The van der Waals surface area contributed by atoms with E-state index >= 15 is 0 Å². The van der Waals surface area contributed by atoms with Crippen molar-refractivity contribution >= 4 is 52.1 Å². The Morgan fingerprint density at radius 2 is 1.88 bits per heavy atom. The van der Waals surface area contributed by atoms with Gasteiger partial charge in [0.2, 0.25) is 5.91 Å². The molecule has 7 nitrogen and oxygen atoms in total. The van der Waals surface area contributed by atoms with E-state index in [1.807, 2.05) is 19.1 Å². The SMILES string of the molecule is CCOc1ccc(NC(=O)C[C@H]2C(=O)N(c3ccc(Cl)cc3)C(=S)N2Cc2cccnc2)cc1. The smallest absolute Gasteiger partial charge is 0.256 e. The molecule has 1 saturated heterocycles. The van der Waals surface area contributed by atoms with Crippen LogP contribution >= 0.6 is 23.8 Å². The molecule has 3 aromatic rings. The molecule has 34 heavy (non-hydrogen) atoms. The Bertz CT molecular complexity index is 1170. The first-order valence-electron chi connectivity index (χ1n) is 10.8. The van der Waals surface area contributed by atoms with Crippen LogP contribution in [0, 0.1) is 0 Å². The van der Waals surface area contributed by atoms with E-state index in [4.69, 9.17) is 28.6 Å². The van der Waals surface area contributed by atoms with Gasteiger partial charge in [0.05, 0.1) is 18.7 Å². The van der Waals surface area contributed by atoms with Crippen LogP contribution in [0.5, 0.6) is 5.75 Å². The van der Waals surface area contributed by atoms with E-state index in [2.05, 4.69) is 10.3 Å². The predicted octanol–water partition coefficient (Wildman–Crippen LogP) is 4.66. The number of amides is 2. The van der Waals surface area contributed by atoms with Crippen molar-refractivity contribution < 1.29 is 14.3 Å². The molecular formula is C25H23ClN4O3S. The molecule has 9 heteroatoms. The number of hydrogen-bond donors (Lipinski definition) is 1. The van der Waals surface area contributed by atoms with Crippen molar-refractivity contribution in [2.24, 2.45) is 0 Å². The van der Waals surface area contributed by atoms with Gasteiger partial charge >= 0.3 is 0 Å². The molecule has 2 amide bonds. The van der Waals surface area contributed by atoms with Crippen molar-refractivity contribution in [3.63, 3.8) is 0 Å². The zero-order chi connectivity index (χ0) is 24.1. The van der Waals surface area contributed by atoms with Crippen molar-refractivity contribution in [3.05, 3.63) is 83.6 Å². The van der Waals surface area contributed by atoms with Gasteiger partial charge in [-0.05, 0) is 79.3 Å². The van der Waals surface area contributed by atoms with Gasteiger partial charge in [0, 0.05) is 29.6 Å². The normalized spacial score (nSPS) is 15.5. The lowest BCUT2D eigenvalue weighted by Gasteiger charge is -2.23. The number of halogens is 1. The number of rotatable bonds is 8. The van der Waals surface area contributed by atoms with Crippen LogP contribution in [-0.2, 0) is 16.1 Å². The number of anilines is 2. The number of benzene rings is 2. The van der Waals surface area contributed by atoms with Crippen LogP contribution in [0.4, 0.5) is 11.4 Å². The fraction of sp³-hybridized carbons (Fsp3) is 0.200. The predicted molar refractivity (Wildman–Crippen MR) is 136 cm³/mol. The van der Waals surface area contributed by atoms with Crippen LogP contribution in [-0.4, -0.2) is 39.5 Å². The molecule has 1 aliphatic rings. The summed E-state index contributed by atoms with van der Waals surface area (Å²) in [5.74, 6) is 0.163. The summed E-state index contributed by atoms with van der Waals surface area (Å²) in [6.45, 7) is 2.82. The van der Waals surface area contributed by atoms with Crippen LogP contribution in [0.25, 0.3) is 0 Å². The van der Waals surface area contributed by atoms with Crippen molar-refractivity contribution in [2.45, 2.75) is 25.9 Å². The number of ether oxygens (including phenoxy) is 1. The van der Waals surface area contributed by atoms with Gasteiger partial charge in [0.25, 0.3) is 5.91 Å². The molecule has 1 N–H and O–H groups in total. The Kier molecular flexibility index (Phi) is 7.40. The molecule has 0 saturated carbocycles. The summed E-state index contributed by atoms with van der Waals surface area (Å²) >= 11 is 11.7. The number of carbonyl (C=O) groups is 2. The molecule has 1 aromatic heterocycles. The zero-order valence-corrected chi connectivity index (χ0v) is 20.1. The highest BCUT2D eigenvalue weighted by Gasteiger charge is 2.44. The van der Waals surface area contributed by atoms with Gasteiger partial charge in [-0.15, -0.1) is 0 Å². The van der Waals surface area contributed by atoms with E-state index in [0.29, 0.717) is 34.7 Å². The van der Waals surface area contributed by atoms with E-state index in [-0.39, 0.29) is 18.2 Å². The van der Waals surface area contributed by atoms with Gasteiger partial charge in [-0.1, -0.05) is 17.7 Å². The number of pyridine rings is 1. The molecule has 4 rings (SSSR count). The van der Waals surface area contributed by atoms with E-state index in [1.54, 1.807) is 65.8 Å². The largest absolute Gasteiger partial charge is 0.494 e. The zero-order valence-electron chi connectivity index (χ0n) is 18.5. The number of nitrogens with zero attached hydrogens (tertiary/aromatic N) is 3. The molecule has 174 valence electrons. The summed E-state index contributed by atoms with van der Waals surface area (Å²) in [7, 11) is 0. The Morgan fingerprint density at radius 3 is 2.53 bits per heavy atom. The second kappa shape index (κ2) is 10.6. The average Bonchev–Trinajstić information content (AvgIpc) is 3.06. The standard InChI is InChI=1S/C25H23ClN4O3S/c1-2-33-21-11-7-19(8-12-21)28-23(31)14-22-24(32)30(20-9-5-18(26)6-10-20)25(34)29(22)16-17-4-3-13-27-15-17/h3-13,15,22H,2,14,16H2,1H3,(H,28,31)/t22-/m0/s1. The summed E-state index contributed by atoms with van der Waals surface area (Å²) < 4.78 is 5.43. The number of carbonyl (C=O) groups excluding carboxylic acids is 2.